The molecule has 1 atom stereocenters. The molecule has 0 bridgehead atoms. The van der Waals surface area contributed by atoms with Crippen LogP contribution in [0.25, 0.3) is 11.4 Å². The van der Waals surface area contributed by atoms with Gasteiger partial charge in [-0.2, -0.15) is 4.98 Å². The lowest BCUT2D eigenvalue weighted by molar-refractivity contribution is -0.117. The maximum atomic E-state index is 13.6. The Morgan fingerprint density at radius 1 is 1.26 bits per heavy atom. The Kier molecular flexibility index (Phi) is 4.88. The first-order valence-electron chi connectivity index (χ1n) is 8.28. The third kappa shape index (κ3) is 3.57. The van der Waals surface area contributed by atoms with E-state index in [1.54, 1.807) is 11.8 Å². The quantitative estimate of drug-likeness (QED) is 0.587. The summed E-state index contributed by atoms with van der Waals surface area (Å²) < 4.78 is 18.9. The molecule has 138 valence electrons. The second-order valence-electron chi connectivity index (χ2n) is 6.19. The molecule has 27 heavy (non-hydrogen) atoms. The van der Waals surface area contributed by atoms with Crippen LogP contribution in [0.1, 0.15) is 18.2 Å². The summed E-state index contributed by atoms with van der Waals surface area (Å²) in [5, 5.41) is 4.36. The Balaban J connectivity index is 1.56. The lowest BCUT2D eigenvalue weighted by Gasteiger charge is -2.17. The van der Waals surface area contributed by atoms with Crippen LogP contribution < -0.4 is 4.90 Å². The van der Waals surface area contributed by atoms with Crippen molar-refractivity contribution in [2.45, 2.75) is 17.2 Å². The number of carbonyl (C=O) groups excluding carboxylic acids is 1. The predicted molar refractivity (Wildman–Crippen MR) is 103 cm³/mol. The Morgan fingerprint density at radius 2 is 2.04 bits per heavy atom. The summed E-state index contributed by atoms with van der Waals surface area (Å²) in [4.78, 5) is 19.5. The standard InChI is InChI=1S/C19H15ClFN3O2S/c1-27-14-5-2-11(3-6-14)18-22-19(26-23-18)12-8-17(25)24(10-12)16-9-13(21)4-7-15(16)20/h2-7,9,12H,8,10H2,1H3. The van der Waals surface area contributed by atoms with E-state index in [-0.39, 0.29) is 18.2 Å². The summed E-state index contributed by atoms with van der Waals surface area (Å²) in [7, 11) is 0. The molecule has 0 saturated carbocycles. The molecule has 5 nitrogen and oxygen atoms in total. The average Bonchev–Trinajstić information content (AvgIpc) is 3.31. The fourth-order valence-electron chi connectivity index (χ4n) is 3.06. The normalized spacial score (nSPS) is 16.9. The van der Waals surface area contributed by atoms with Crippen molar-refractivity contribution in [2.24, 2.45) is 0 Å². The van der Waals surface area contributed by atoms with Gasteiger partial charge < -0.3 is 9.42 Å². The van der Waals surface area contributed by atoms with Crippen LogP contribution in [0.15, 0.2) is 51.9 Å². The van der Waals surface area contributed by atoms with Gasteiger partial charge in [0.25, 0.3) is 0 Å². The first kappa shape index (κ1) is 18.0. The highest BCUT2D eigenvalue weighted by molar-refractivity contribution is 7.98. The van der Waals surface area contributed by atoms with Crippen molar-refractivity contribution in [3.63, 3.8) is 0 Å². The maximum absolute atomic E-state index is 13.6. The molecule has 0 spiro atoms. The zero-order valence-corrected chi connectivity index (χ0v) is 15.9. The van der Waals surface area contributed by atoms with E-state index in [0.717, 1.165) is 10.5 Å². The number of aromatic nitrogens is 2. The van der Waals surface area contributed by atoms with Gasteiger partial charge in [-0.3, -0.25) is 4.79 Å². The largest absolute Gasteiger partial charge is 0.339 e. The van der Waals surface area contributed by atoms with Gasteiger partial charge in [-0.15, -0.1) is 11.8 Å². The van der Waals surface area contributed by atoms with E-state index in [1.165, 1.54) is 23.1 Å². The topological polar surface area (TPSA) is 59.2 Å². The van der Waals surface area contributed by atoms with Crippen LogP contribution in [-0.4, -0.2) is 28.8 Å². The zero-order chi connectivity index (χ0) is 19.0. The third-order valence-electron chi connectivity index (χ3n) is 4.46. The monoisotopic (exact) mass is 403 g/mol. The van der Waals surface area contributed by atoms with Gasteiger partial charge >= 0.3 is 0 Å². The lowest BCUT2D eigenvalue weighted by Crippen LogP contribution is -2.24. The number of amides is 1. The maximum Gasteiger partial charge on any atom is 0.232 e. The number of benzene rings is 2. The molecule has 1 aliphatic heterocycles. The van der Waals surface area contributed by atoms with Gasteiger partial charge in [0.1, 0.15) is 5.82 Å². The summed E-state index contributed by atoms with van der Waals surface area (Å²) in [6, 6.07) is 11.8. The first-order valence-corrected chi connectivity index (χ1v) is 9.89. The van der Waals surface area contributed by atoms with Crippen molar-refractivity contribution in [1.29, 1.82) is 0 Å². The van der Waals surface area contributed by atoms with Crippen molar-refractivity contribution >= 4 is 35.0 Å². The van der Waals surface area contributed by atoms with Crippen molar-refractivity contribution < 1.29 is 13.7 Å². The molecule has 2 aromatic carbocycles. The number of carbonyl (C=O) groups is 1. The van der Waals surface area contributed by atoms with E-state index in [2.05, 4.69) is 10.1 Å². The van der Waals surface area contributed by atoms with Crippen molar-refractivity contribution in [1.82, 2.24) is 10.1 Å². The Bertz CT molecular complexity index is 993. The number of nitrogens with zero attached hydrogens (tertiary/aromatic N) is 3. The Hall–Kier alpha value is -2.38. The summed E-state index contributed by atoms with van der Waals surface area (Å²) in [6.45, 7) is 0.315. The minimum atomic E-state index is -0.445. The van der Waals surface area contributed by atoms with Crippen molar-refractivity contribution in [2.75, 3.05) is 17.7 Å². The van der Waals surface area contributed by atoms with Gasteiger partial charge in [0.05, 0.1) is 16.6 Å². The van der Waals surface area contributed by atoms with E-state index in [9.17, 15) is 9.18 Å². The Labute approximate surface area is 164 Å². The molecule has 1 unspecified atom stereocenters. The number of thioether (sulfide) groups is 1. The Morgan fingerprint density at radius 3 is 2.78 bits per heavy atom. The molecule has 4 rings (SSSR count). The highest BCUT2D eigenvalue weighted by Gasteiger charge is 2.36. The summed E-state index contributed by atoms with van der Waals surface area (Å²) >= 11 is 7.78. The van der Waals surface area contributed by atoms with E-state index in [1.807, 2.05) is 30.5 Å². The van der Waals surface area contributed by atoms with Crippen molar-refractivity contribution in [3.05, 3.63) is 59.2 Å². The minimum Gasteiger partial charge on any atom is -0.339 e. The minimum absolute atomic E-state index is 0.156. The third-order valence-corrected chi connectivity index (χ3v) is 5.53. The summed E-state index contributed by atoms with van der Waals surface area (Å²) in [5.74, 6) is 0.00852. The fraction of sp³-hybridized carbons (Fsp3) is 0.211. The smallest absolute Gasteiger partial charge is 0.232 e. The number of hydrogen-bond acceptors (Lipinski definition) is 5. The van der Waals surface area contributed by atoms with Crippen LogP contribution in [0, 0.1) is 5.82 Å². The molecule has 3 aromatic rings. The van der Waals surface area contributed by atoms with Gasteiger partial charge in [0.15, 0.2) is 0 Å². The SMILES string of the molecule is CSc1ccc(-c2noc(C3CC(=O)N(c4cc(F)ccc4Cl)C3)n2)cc1. The molecule has 0 aliphatic carbocycles. The molecule has 0 radical (unpaired) electrons. The average molecular weight is 404 g/mol. The van der Waals surface area contributed by atoms with Crippen LogP contribution in [-0.2, 0) is 4.79 Å². The van der Waals surface area contributed by atoms with E-state index in [4.69, 9.17) is 16.1 Å². The molecule has 1 fully saturated rings. The molecule has 0 N–H and O–H groups in total. The molecule has 1 aromatic heterocycles. The number of hydrogen-bond donors (Lipinski definition) is 0. The van der Waals surface area contributed by atoms with Gasteiger partial charge in [-0.1, -0.05) is 16.8 Å². The summed E-state index contributed by atoms with van der Waals surface area (Å²) in [6.07, 6.45) is 2.22. The summed E-state index contributed by atoms with van der Waals surface area (Å²) in [5.41, 5.74) is 1.20. The number of rotatable bonds is 4. The second kappa shape index (κ2) is 7.32. The van der Waals surface area contributed by atoms with E-state index < -0.39 is 5.82 Å². The predicted octanol–water partition coefficient (Wildman–Crippen LogP) is 4.77. The number of halogens is 2. The van der Waals surface area contributed by atoms with E-state index in [0.29, 0.717) is 29.0 Å². The molecule has 1 amide bonds. The molecule has 8 heteroatoms. The number of anilines is 1. The molecular formula is C19H15ClFN3O2S. The zero-order valence-electron chi connectivity index (χ0n) is 14.4. The first-order chi connectivity index (χ1) is 13.0. The molecule has 1 saturated heterocycles. The lowest BCUT2D eigenvalue weighted by atomic mass is 10.1. The second-order valence-corrected chi connectivity index (χ2v) is 7.47. The van der Waals surface area contributed by atoms with Gasteiger partial charge in [-0.25, -0.2) is 4.39 Å². The van der Waals surface area contributed by atoms with E-state index >= 15 is 0 Å². The van der Waals surface area contributed by atoms with Crippen LogP contribution in [0.3, 0.4) is 0 Å². The highest BCUT2D eigenvalue weighted by atomic mass is 35.5. The fourth-order valence-corrected chi connectivity index (χ4v) is 3.68. The van der Waals surface area contributed by atoms with Gasteiger partial charge in [0, 0.05) is 23.4 Å². The van der Waals surface area contributed by atoms with Crippen LogP contribution >= 0.6 is 23.4 Å². The van der Waals surface area contributed by atoms with Crippen LogP contribution in [0.2, 0.25) is 5.02 Å². The highest BCUT2D eigenvalue weighted by Crippen LogP contribution is 2.35. The van der Waals surface area contributed by atoms with Gasteiger partial charge in [0.2, 0.25) is 17.6 Å². The molecule has 1 aliphatic rings. The molecule has 2 heterocycles. The van der Waals surface area contributed by atoms with Crippen LogP contribution in [0.5, 0.6) is 0 Å². The van der Waals surface area contributed by atoms with Gasteiger partial charge in [-0.05, 0) is 48.7 Å². The van der Waals surface area contributed by atoms with Crippen molar-refractivity contribution in [3.8, 4) is 11.4 Å². The molecular weight excluding hydrogens is 389 g/mol. The van der Waals surface area contributed by atoms with Crippen LogP contribution in [0.4, 0.5) is 10.1 Å².